The first-order valence-corrected chi connectivity index (χ1v) is 5.54. The molecule has 1 unspecified atom stereocenters. The van der Waals surface area contributed by atoms with Gasteiger partial charge in [-0.15, -0.1) is 0 Å². The van der Waals surface area contributed by atoms with Gasteiger partial charge in [0, 0.05) is 12.5 Å². The standard InChI is InChI=1S/C13H19NO2/c1-11(15)10-13(14-16-2)9-8-12-6-4-3-5-7-12/h3-7,13-14H,8-10H2,1-2H3. The van der Waals surface area contributed by atoms with Crippen molar-refractivity contribution in [1.82, 2.24) is 5.48 Å². The van der Waals surface area contributed by atoms with E-state index >= 15 is 0 Å². The van der Waals surface area contributed by atoms with Gasteiger partial charge < -0.3 is 4.84 Å². The van der Waals surface area contributed by atoms with Gasteiger partial charge in [0.05, 0.1) is 7.11 Å². The molecule has 16 heavy (non-hydrogen) atoms. The van der Waals surface area contributed by atoms with Crippen LogP contribution >= 0.6 is 0 Å². The number of nitrogens with one attached hydrogen (secondary N) is 1. The number of aryl methyl sites for hydroxylation is 1. The van der Waals surface area contributed by atoms with Crippen LogP contribution in [0.4, 0.5) is 0 Å². The average molecular weight is 221 g/mol. The summed E-state index contributed by atoms with van der Waals surface area (Å²) in [5.74, 6) is 0.183. The van der Waals surface area contributed by atoms with Crippen LogP contribution in [0.5, 0.6) is 0 Å². The van der Waals surface area contributed by atoms with E-state index in [1.807, 2.05) is 18.2 Å². The Morgan fingerprint density at radius 2 is 2.06 bits per heavy atom. The Hall–Kier alpha value is -1.19. The number of benzene rings is 1. The molecule has 1 aromatic rings. The van der Waals surface area contributed by atoms with Gasteiger partial charge in [-0.25, -0.2) is 0 Å². The smallest absolute Gasteiger partial charge is 0.131 e. The maximum atomic E-state index is 11.0. The number of rotatable bonds is 7. The van der Waals surface area contributed by atoms with E-state index in [1.165, 1.54) is 5.56 Å². The van der Waals surface area contributed by atoms with Crippen molar-refractivity contribution in [2.75, 3.05) is 7.11 Å². The zero-order valence-electron chi connectivity index (χ0n) is 9.90. The lowest BCUT2D eigenvalue weighted by atomic mass is 10.0. The van der Waals surface area contributed by atoms with E-state index < -0.39 is 0 Å². The van der Waals surface area contributed by atoms with Crippen molar-refractivity contribution >= 4 is 5.78 Å². The van der Waals surface area contributed by atoms with Crippen molar-refractivity contribution in [2.45, 2.75) is 32.2 Å². The Morgan fingerprint density at radius 3 is 2.62 bits per heavy atom. The lowest BCUT2D eigenvalue weighted by Gasteiger charge is -2.15. The maximum Gasteiger partial charge on any atom is 0.131 e. The average Bonchev–Trinajstić information content (AvgIpc) is 2.27. The summed E-state index contributed by atoms with van der Waals surface area (Å²) in [5.41, 5.74) is 4.15. The van der Waals surface area contributed by atoms with E-state index in [4.69, 9.17) is 4.84 Å². The van der Waals surface area contributed by atoms with E-state index in [9.17, 15) is 4.79 Å². The molecule has 0 aromatic heterocycles. The normalized spacial score (nSPS) is 12.4. The van der Waals surface area contributed by atoms with Crippen molar-refractivity contribution < 1.29 is 9.63 Å². The lowest BCUT2D eigenvalue weighted by molar-refractivity contribution is -0.118. The first kappa shape index (κ1) is 12.9. The van der Waals surface area contributed by atoms with Gasteiger partial charge in [0.2, 0.25) is 0 Å². The Morgan fingerprint density at radius 1 is 1.38 bits per heavy atom. The molecule has 0 aliphatic rings. The number of carbonyl (C=O) groups is 1. The monoisotopic (exact) mass is 221 g/mol. The maximum absolute atomic E-state index is 11.0. The molecule has 0 aliphatic carbocycles. The lowest BCUT2D eigenvalue weighted by Crippen LogP contribution is -2.30. The van der Waals surface area contributed by atoms with Crippen LogP contribution in [-0.2, 0) is 16.1 Å². The minimum absolute atomic E-state index is 0.0997. The number of hydrogen-bond acceptors (Lipinski definition) is 3. The van der Waals surface area contributed by atoms with Crippen molar-refractivity contribution in [3.63, 3.8) is 0 Å². The van der Waals surface area contributed by atoms with E-state index in [0.717, 1.165) is 12.8 Å². The predicted octanol–water partition coefficient (Wildman–Crippen LogP) is 2.12. The molecule has 0 fully saturated rings. The Bertz CT molecular complexity index is 311. The molecule has 0 saturated carbocycles. The summed E-state index contributed by atoms with van der Waals surface area (Å²) >= 11 is 0. The molecule has 0 aliphatic heterocycles. The Balaban J connectivity index is 2.40. The summed E-state index contributed by atoms with van der Waals surface area (Å²) in [5, 5.41) is 0. The van der Waals surface area contributed by atoms with Gasteiger partial charge in [0.15, 0.2) is 0 Å². The topological polar surface area (TPSA) is 38.3 Å². The van der Waals surface area contributed by atoms with E-state index in [0.29, 0.717) is 6.42 Å². The van der Waals surface area contributed by atoms with Crippen LogP contribution in [0.25, 0.3) is 0 Å². The third-order valence-electron chi connectivity index (χ3n) is 2.44. The number of Topliss-reactive ketones (excluding diaryl/α,β-unsaturated/α-hetero) is 1. The summed E-state index contributed by atoms with van der Waals surface area (Å²) in [4.78, 5) is 15.9. The highest BCUT2D eigenvalue weighted by atomic mass is 16.6. The fourth-order valence-corrected chi connectivity index (χ4v) is 1.70. The molecular formula is C13H19NO2. The summed E-state index contributed by atoms with van der Waals surface area (Å²) < 4.78 is 0. The van der Waals surface area contributed by atoms with Gasteiger partial charge in [0.1, 0.15) is 5.78 Å². The molecule has 1 aromatic carbocycles. The zero-order chi connectivity index (χ0) is 11.8. The molecule has 88 valence electrons. The highest BCUT2D eigenvalue weighted by Crippen LogP contribution is 2.07. The largest absolute Gasteiger partial charge is 0.305 e. The van der Waals surface area contributed by atoms with Crippen molar-refractivity contribution in [2.24, 2.45) is 0 Å². The van der Waals surface area contributed by atoms with Gasteiger partial charge in [-0.2, -0.15) is 5.48 Å². The first-order valence-electron chi connectivity index (χ1n) is 5.54. The van der Waals surface area contributed by atoms with Gasteiger partial charge in [-0.3, -0.25) is 4.79 Å². The Kier molecular flexibility index (Phi) is 5.75. The number of hydrogen-bond donors (Lipinski definition) is 1. The fourth-order valence-electron chi connectivity index (χ4n) is 1.70. The van der Waals surface area contributed by atoms with Crippen molar-refractivity contribution in [1.29, 1.82) is 0 Å². The van der Waals surface area contributed by atoms with Crippen molar-refractivity contribution in [3.05, 3.63) is 35.9 Å². The highest BCUT2D eigenvalue weighted by molar-refractivity contribution is 5.76. The highest BCUT2D eigenvalue weighted by Gasteiger charge is 2.10. The van der Waals surface area contributed by atoms with Crippen LogP contribution in [0.1, 0.15) is 25.3 Å². The quantitative estimate of drug-likeness (QED) is 0.717. The minimum Gasteiger partial charge on any atom is -0.305 e. The van der Waals surface area contributed by atoms with Gasteiger partial charge in [-0.1, -0.05) is 30.3 Å². The Labute approximate surface area is 96.8 Å². The third-order valence-corrected chi connectivity index (χ3v) is 2.44. The van der Waals surface area contributed by atoms with Crippen LogP contribution in [-0.4, -0.2) is 18.9 Å². The number of ketones is 1. The second-order valence-corrected chi connectivity index (χ2v) is 3.95. The van der Waals surface area contributed by atoms with E-state index in [-0.39, 0.29) is 11.8 Å². The summed E-state index contributed by atoms with van der Waals surface area (Å²) in [6, 6.07) is 10.3. The van der Waals surface area contributed by atoms with Crippen LogP contribution in [0.2, 0.25) is 0 Å². The summed E-state index contributed by atoms with van der Waals surface area (Å²) in [6.45, 7) is 1.60. The molecule has 0 bridgehead atoms. The third kappa shape index (κ3) is 5.05. The molecule has 1 rings (SSSR count). The summed E-state index contributed by atoms with van der Waals surface area (Å²) in [6.07, 6.45) is 2.37. The molecule has 0 saturated heterocycles. The zero-order valence-corrected chi connectivity index (χ0v) is 9.90. The molecule has 0 spiro atoms. The number of hydroxylamine groups is 1. The molecule has 3 nitrogen and oxygen atoms in total. The van der Waals surface area contributed by atoms with Gasteiger partial charge >= 0.3 is 0 Å². The second kappa shape index (κ2) is 7.14. The van der Waals surface area contributed by atoms with Crippen LogP contribution in [0.3, 0.4) is 0 Å². The molecule has 1 N–H and O–H groups in total. The summed E-state index contributed by atoms with van der Waals surface area (Å²) in [7, 11) is 1.58. The molecule has 0 amide bonds. The minimum atomic E-state index is 0.0997. The van der Waals surface area contributed by atoms with Crippen LogP contribution in [0.15, 0.2) is 30.3 Å². The molecular weight excluding hydrogens is 202 g/mol. The van der Waals surface area contributed by atoms with Gasteiger partial charge in [0.25, 0.3) is 0 Å². The molecule has 0 radical (unpaired) electrons. The van der Waals surface area contributed by atoms with Gasteiger partial charge in [-0.05, 0) is 25.3 Å². The van der Waals surface area contributed by atoms with E-state index in [1.54, 1.807) is 14.0 Å². The van der Waals surface area contributed by atoms with E-state index in [2.05, 4.69) is 17.6 Å². The van der Waals surface area contributed by atoms with Crippen molar-refractivity contribution in [3.8, 4) is 0 Å². The SMILES string of the molecule is CONC(CCc1ccccc1)CC(C)=O. The van der Waals surface area contributed by atoms with Crippen LogP contribution in [0, 0.1) is 0 Å². The second-order valence-electron chi connectivity index (χ2n) is 3.95. The predicted molar refractivity (Wildman–Crippen MR) is 64.0 cm³/mol. The van der Waals surface area contributed by atoms with Crippen LogP contribution < -0.4 is 5.48 Å². The fraction of sp³-hybridized carbons (Fsp3) is 0.462. The molecule has 0 heterocycles. The first-order chi connectivity index (χ1) is 7.72. The molecule has 3 heteroatoms. The number of carbonyl (C=O) groups excluding carboxylic acids is 1. The molecule has 1 atom stereocenters.